The average Bonchev–Trinajstić information content (AvgIpc) is 2.87. The molecule has 4 unspecified atom stereocenters. The summed E-state index contributed by atoms with van der Waals surface area (Å²) in [7, 11) is 0. The van der Waals surface area contributed by atoms with Crippen molar-refractivity contribution >= 4 is 17.6 Å². The van der Waals surface area contributed by atoms with Crippen LogP contribution >= 0.6 is 0 Å². The molecule has 2 bridgehead atoms. The number of amides is 1. The second kappa shape index (κ2) is 4.29. The van der Waals surface area contributed by atoms with Gasteiger partial charge in [0.2, 0.25) is 5.91 Å². The minimum Gasteiger partial charge on any atom is -0.478 e. The molecule has 3 fully saturated rings. The summed E-state index contributed by atoms with van der Waals surface area (Å²) in [5.74, 6) is -0.0349. The van der Waals surface area contributed by atoms with E-state index in [-0.39, 0.29) is 17.5 Å². The minimum absolute atomic E-state index is 0.00108. The molecule has 0 radical (unpaired) electrons. The summed E-state index contributed by atoms with van der Waals surface area (Å²) in [4.78, 5) is 23.5. The van der Waals surface area contributed by atoms with Crippen molar-refractivity contribution in [3.8, 4) is 0 Å². The fourth-order valence-electron chi connectivity index (χ4n) is 4.74. The third kappa shape index (κ3) is 1.79. The Labute approximate surface area is 121 Å². The maximum Gasteiger partial charge on any atom is 0.340 e. The molecule has 4 nitrogen and oxygen atoms in total. The molecule has 1 aromatic rings. The molecule has 110 valence electrons. The summed E-state index contributed by atoms with van der Waals surface area (Å²) < 4.78 is 13.6. The fourth-order valence-corrected chi connectivity index (χ4v) is 4.74. The lowest BCUT2D eigenvalue weighted by Gasteiger charge is -2.11. The van der Waals surface area contributed by atoms with Crippen LogP contribution in [-0.4, -0.2) is 17.0 Å². The van der Waals surface area contributed by atoms with E-state index < -0.39 is 17.3 Å². The van der Waals surface area contributed by atoms with Gasteiger partial charge in [-0.1, -0.05) is 6.07 Å². The van der Waals surface area contributed by atoms with Crippen molar-refractivity contribution in [2.24, 2.45) is 29.6 Å². The smallest absolute Gasteiger partial charge is 0.340 e. The van der Waals surface area contributed by atoms with Gasteiger partial charge in [0.25, 0.3) is 0 Å². The van der Waals surface area contributed by atoms with Crippen molar-refractivity contribution in [3.63, 3.8) is 0 Å². The van der Waals surface area contributed by atoms with Crippen LogP contribution in [0.15, 0.2) is 18.2 Å². The molecule has 2 N–H and O–H groups in total. The van der Waals surface area contributed by atoms with E-state index in [0.29, 0.717) is 23.7 Å². The number of nitrogens with one attached hydrogen (secondary N) is 1. The summed E-state index contributed by atoms with van der Waals surface area (Å²) in [6, 6.07) is 3.94. The molecule has 5 heteroatoms. The van der Waals surface area contributed by atoms with E-state index in [4.69, 9.17) is 5.11 Å². The van der Waals surface area contributed by atoms with Crippen LogP contribution in [0.25, 0.3) is 0 Å². The summed E-state index contributed by atoms with van der Waals surface area (Å²) in [5.41, 5.74) is -0.399. The molecule has 0 aliphatic heterocycles. The highest BCUT2D eigenvalue weighted by atomic mass is 19.1. The Morgan fingerprint density at radius 2 is 1.86 bits per heavy atom. The maximum atomic E-state index is 13.6. The van der Waals surface area contributed by atoms with E-state index in [1.54, 1.807) is 0 Å². The Morgan fingerprint density at radius 3 is 2.48 bits per heavy atom. The largest absolute Gasteiger partial charge is 0.478 e. The maximum absolute atomic E-state index is 13.6. The Hall–Kier alpha value is -1.91. The van der Waals surface area contributed by atoms with Crippen molar-refractivity contribution in [2.45, 2.75) is 19.3 Å². The lowest BCUT2D eigenvalue weighted by atomic mass is 10.0. The van der Waals surface area contributed by atoms with E-state index in [9.17, 15) is 14.0 Å². The first-order chi connectivity index (χ1) is 10.1. The van der Waals surface area contributed by atoms with Crippen molar-refractivity contribution in [1.29, 1.82) is 0 Å². The van der Waals surface area contributed by atoms with E-state index in [2.05, 4.69) is 5.32 Å². The Balaban J connectivity index is 1.54. The number of carboxylic acid groups (broad SMARTS) is 1. The van der Waals surface area contributed by atoms with E-state index in [1.165, 1.54) is 31.4 Å². The van der Waals surface area contributed by atoms with Gasteiger partial charge in [-0.25, -0.2) is 9.18 Å². The van der Waals surface area contributed by atoms with Crippen molar-refractivity contribution in [3.05, 3.63) is 29.6 Å². The third-order valence-electron chi connectivity index (χ3n) is 5.52. The first-order valence-electron chi connectivity index (χ1n) is 7.40. The van der Waals surface area contributed by atoms with E-state index in [1.807, 2.05) is 0 Å². The first kappa shape index (κ1) is 12.8. The number of carbonyl (C=O) groups is 2. The van der Waals surface area contributed by atoms with E-state index >= 15 is 0 Å². The molecular weight excluding hydrogens is 273 g/mol. The Morgan fingerprint density at radius 1 is 1.19 bits per heavy atom. The number of halogens is 1. The third-order valence-corrected chi connectivity index (χ3v) is 5.52. The number of rotatable bonds is 3. The molecule has 0 heterocycles. The monoisotopic (exact) mass is 289 g/mol. The van der Waals surface area contributed by atoms with Gasteiger partial charge in [0.15, 0.2) is 0 Å². The first-order valence-corrected chi connectivity index (χ1v) is 7.40. The number of hydrogen-bond acceptors (Lipinski definition) is 2. The molecule has 0 aromatic heterocycles. The molecule has 3 aliphatic carbocycles. The standard InChI is InChI=1S/C16H16FNO3/c17-9-2-1-3-10(13(9)16(20)21)18-15(19)14-11-7-4-5-8(6-7)12(11)14/h1-3,7-8,11-12,14H,4-6H2,(H,18,19)(H,20,21). The van der Waals surface area contributed by atoms with Gasteiger partial charge in [-0.05, 0) is 55.1 Å². The summed E-state index contributed by atoms with van der Waals surface area (Å²) in [6.45, 7) is 0. The van der Waals surface area contributed by atoms with Crippen LogP contribution in [0.5, 0.6) is 0 Å². The van der Waals surface area contributed by atoms with Gasteiger partial charge in [0.05, 0.1) is 5.69 Å². The molecule has 0 saturated heterocycles. The summed E-state index contributed by atoms with van der Waals surface area (Å²) in [6.07, 6.45) is 3.69. The SMILES string of the molecule is O=C(O)c1c(F)cccc1NC(=O)C1C2C3CCC(C3)C12. The van der Waals surface area contributed by atoms with Gasteiger partial charge in [-0.3, -0.25) is 4.79 Å². The van der Waals surface area contributed by atoms with Gasteiger partial charge in [-0.15, -0.1) is 0 Å². The molecule has 1 aromatic carbocycles. The molecule has 3 aliphatic rings. The van der Waals surface area contributed by atoms with Gasteiger partial charge in [0, 0.05) is 5.92 Å². The molecule has 3 saturated carbocycles. The van der Waals surface area contributed by atoms with Crippen molar-refractivity contribution in [2.75, 3.05) is 5.32 Å². The number of aromatic carboxylic acids is 1. The molecule has 0 spiro atoms. The average molecular weight is 289 g/mol. The van der Waals surface area contributed by atoms with Gasteiger partial charge >= 0.3 is 5.97 Å². The molecular formula is C16H16FNO3. The second-order valence-electron chi connectivity index (χ2n) is 6.47. The van der Waals surface area contributed by atoms with Crippen LogP contribution < -0.4 is 5.32 Å². The highest BCUT2D eigenvalue weighted by molar-refractivity contribution is 6.02. The van der Waals surface area contributed by atoms with Crippen LogP contribution in [0.2, 0.25) is 0 Å². The number of anilines is 1. The minimum atomic E-state index is -1.36. The van der Waals surface area contributed by atoms with E-state index in [0.717, 1.165) is 6.07 Å². The topological polar surface area (TPSA) is 66.4 Å². The van der Waals surface area contributed by atoms with Gasteiger partial charge in [-0.2, -0.15) is 0 Å². The Kier molecular flexibility index (Phi) is 2.62. The van der Waals surface area contributed by atoms with Gasteiger partial charge in [0.1, 0.15) is 11.4 Å². The van der Waals surface area contributed by atoms with Crippen molar-refractivity contribution in [1.82, 2.24) is 0 Å². The van der Waals surface area contributed by atoms with Crippen LogP contribution in [0, 0.1) is 35.4 Å². The lowest BCUT2D eigenvalue weighted by molar-refractivity contribution is -0.118. The quantitative estimate of drug-likeness (QED) is 0.899. The second-order valence-corrected chi connectivity index (χ2v) is 6.47. The van der Waals surface area contributed by atoms with Crippen LogP contribution in [0.3, 0.4) is 0 Å². The number of carbonyl (C=O) groups excluding carboxylic acids is 1. The van der Waals surface area contributed by atoms with Crippen molar-refractivity contribution < 1.29 is 19.1 Å². The Bertz CT molecular complexity index is 628. The summed E-state index contributed by atoms with van der Waals surface area (Å²) in [5, 5.41) is 11.7. The molecule has 1 amide bonds. The lowest BCUT2D eigenvalue weighted by Crippen LogP contribution is -2.20. The summed E-state index contributed by atoms with van der Waals surface area (Å²) >= 11 is 0. The molecule has 21 heavy (non-hydrogen) atoms. The molecule has 4 rings (SSSR count). The fraction of sp³-hybridized carbons (Fsp3) is 0.500. The molecule has 4 atom stereocenters. The highest BCUT2D eigenvalue weighted by Gasteiger charge is 2.67. The normalized spacial score (nSPS) is 35.4. The van der Waals surface area contributed by atoms with Crippen LogP contribution in [-0.2, 0) is 4.79 Å². The predicted octanol–water partition coefficient (Wildman–Crippen LogP) is 2.75. The highest BCUT2D eigenvalue weighted by Crippen LogP contribution is 2.69. The number of carboxylic acids is 1. The van der Waals surface area contributed by atoms with Crippen LogP contribution in [0.4, 0.5) is 10.1 Å². The zero-order chi connectivity index (χ0) is 14.7. The zero-order valence-corrected chi connectivity index (χ0v) is 11.4. The number of hydrogen-bond donors (Lipinski definition) is 2. The van der Waals surface area contributed by atoms with Crippen LogP contribution in [0.1, 0.15) is 29.6 Å². The zero-order valence-electron chi connectivity index (χ0n) is 11.4. The van der Waals surface area contributed by atoms with Gasteiger partial charge < -0.3 is 10.4 Å². The number of benzene rings is 1. The predicted molar refractivity (Wildman–Crippen MR) is 73.3 cm³/mol. The number of fused-ring (bicyclic) bond motifs is 5.